The van der Waals surface area contributed by atoms with Crippen LogP contribution >= 0.6 is 0 Å². The van der Waals surface area contributed by atoms with E-state index in [0.29, 0.717) is 5.92 Å². The van der Waals surface area contributed by atoms with Gasteiger partial charge in [-0.15, -0.1) is 0 Å². The number of rotatable bonds is 5. The van der Waals surface area contributed by atoms with E-state index < -0.39 is 0 Å². The average Bonchev–Trinajstić information content (AvgIpc) is 2.57. The lowest BCUT2D eigenvalue weighted by Crippen LogP contribution is -1.98. The van der Waals surface area contributed by atoms with Crippen LogP contribution in [0.2, 0.25) is 0 Å². The van der Waals surface area contributed by atoms with Crippen molar-refractivity contribution in [3.63, 3.8) is 0 Å². The summed E-state index contributed by atoms with van der Waals surface area (Å²) in [6.07, 6.45) is 1.55. The van der Waals surface area contributed by atoms with Crippen LogP contribution in [0, 0.1) is 0 Å². The Kier molecular flexibility index (Phi) is 4.52. The minimum atomic E-state index is 0.532. The van der Waals surface area contributed by atoms with Crippen LogP contribution in [-0.4, -0.2) is 9.97 Å². The Hall–Kier alpha value is -2.88. The SMILES string of the molecule is CC(C)c1ccc(Nc2cc(Nc3ccccc3)ncn2)cc1. The van der Waals surface area contributed by atoms with Gasteiger partial charge < -0.3 is 10.6 Å². The van der Waals surface area contributed by atoms with E-state index in [2.05, 4.69) is 58.7 Å². The van der Waals surface area contributed by atoms with Crippen LogP contribution < -0.4 is 10.6 Å². The molecule has 23 heavy (non-hydrogen) atoms. The Morgan fingerprint density at radius 3 is 1.87 bits per heavy atom. The Morgan fingerprint density at radius 1 is 0.739 bits per heavy atom. The highest BCUT2D eigenvalue weighted by Gasteiger charge is 2.02. The summed E-state index contributed by atoms with van der Waals surface area (Å²) in [4.78, 5) is 8.52. The summed E-state index contributed by atoms with van der Waals surface area (Å²) in [5.74, 6) is 2.05. The molecule has 0 amide bonds. The largest absolute Gasteiger partial charge is 0.340 e. The molecule has 0 spiro atoms. The van der Waals surface area contributed by atoms with Crippen molar-refractivity contribution in [2.75, 3.05) is 10.6 Å². The predicted molar refractivity (Wildman–Crippen MR) is 95.6 cm³/mol. The van der Waals surface area contributed by atoms with Crippen LogP contribution in [0.5, 0.6) is 0 Å². The number of para-hydroxylation sites is 1. The van der Waals surface area contributed by atoms with Gasteiger partial charge in [0.25, 0.3) is 0 Å². The lowest BCUT2D eigenvalue weighted by Gasteiger charge is -2.10. The maximum Gasteiger partial charge on any atom is 0.135 e. The van der Waals surface area contributed by atoms with E-state index in [0.717, 1.165) is 23.0 Å². The molecule has 4 heteroatoms. The highest BCUT2D eigenvalue weighted by atomic mass is 15.1. The molecule has 1 heterocycles. The molecule has 4 nitrogen and oxygen atoms in total. The second-order valence-corrected chi connectivity index (χ2v) is 5.68. The Balaban J connectivity index is 1.72. The molecule has 0 bridgehead atoms. The number of hydrogen-bond donors (Lipinski definition) is 2. The summed E-state index contributed by atoms with van der Waals surface area (Å²) in [7, 11) is 0. The molecule has 3 rings (SSSR count). The number of hydrogen-bond acceptors (Lipinski definition) is 4. The highest BCUT2D eigenvalue weighted by molar-refractivity contribution is 5.62. The van der Waals surface area contributed by atoms with E-state index in [4.69, 9.17) is 0 Å². The molecule has 0 fully saturated rings. The first-order valence-corrected chi connectivity index (χ1v) is 7.72. The quantitative estimate of drug-likeness (QED) is 0.689. The third-order valence-electron chi connectivity index (χ3n) is 3.56. The highest BCUT2D eigenvalue weighted by Crippen LogP contribution is 2.21. The van der Waals surface area contributed by atoms with E-state index in [1.807, 2.05) is 36.4 Å². The third kappa shape index (κ3) is 4.07. The summed E-state index contributed by atoms with van der Waals surface area (Å²) in [6.45, 7) is 4.38. The number of benzene rings is 2. The van der Waals surface area contributed by atoms with Gasteiger partial charge >= 0.3 is 0 Å². The van der Waals surface area contributed by atoms with Gasteiger partial charge in [-0.1, -0.05) is 44.2 Å². The smallest absolute Gasteiger partial charge is 0.135 e. The van der Waals surface area contributed by atoms with Crippen molar-refractivity contribution < 1.29 is 0 Å². The van der Waals surface area contributed by atoms with E-state index in [1.54, 1.807) is 6.33 Å². The summed E-state index contributed by atoms with van der Waals surface area (Å²) >= 11 is 0. The standard InChI is InChI=1S/C19H20N4/c1-14(2)15-8-10-17(11-9-15)23-19-12-18(20-13-21-19)22-16-6-4-3-5-7-16/h3-14H,1-2H3,(H2,20,21,22,23). The second-order valence-electron chi connectivity index (χ2n) is 5.68. The van der Waals surface area contributed by atoms with E-state index >= 15 is 0 Å². The second kappa shape index (κ2) is 6.92. The van der Waals surface area contributed by atoms with E-state index in [-0.39, 0.29) is 0 Å². The van der Waals surface area contributed by atoms with E-state index in [1.165, 1.54) is 5.56 Å². The fraction of sp³-hybridized carbons (Fsp3) is 0.158. The van der Waals surface area contributed by atoms with Crippen LogP contribution in [0.4, 0.5) is 23.0 Å². The van der Waals surface area contributed by atoms with Crippen LogP contribution in [0.1, 0.15) is 25.3 Å². The van der Waals surface area contributed by atoms with Gasteiger partial charge in [-0.25, -0.2) is 9.97 Å². The lowest BCUT2D eigenvalue weighted by molar-refractivity contribution is 0.867. The molecule has 0 atom stereocenters. The third-order valence-corrected chi connectivity index (χ3v) is 3.56. The average molecular weight is 304 g/mol. The molecule has 2 aromatic carbocycles. The lowest BCUT2D eigenvalue weighted by atomic mass is 10.0. The zero-order valence-corrected chi connectivity index (χ0v) is 13.3. The first-order chi connectivity index (χ1) is 11.2. The number of nitrogens with one attached hydrogen (secondary N) is 2. The first kappa shape index (κ1) is 15.0. The monoisotopic (exact) mass is 304 g/mol. The molecule has 0 unspecified atom stereocenters. The Morgan fingerprint density at radius 2 is 1.30 bits per heavy atom. The Bertz CT molecular complexity index is 752. The van der Waals surface area contributed by atoms with Gasteiger partial charge in [0.2, 0.25) is 0 Å². The summed E-state index contributed by atoms with van der Waals surface area (Å²) in [6, 6.07) is 20.3. The maximum atomic E-state index is 4.27. The molecule has 0 aliphatic rings. The van der Waals surface area contributed by atoms with Crippen LogP contribution in [0.3, 0.4) is 0 Å². The molecule has 0 aliphatic heterocycles. The number of anilines is 4. The zero-order chi connectivity index (χ0) is 16.1. The molecule has 3 aromatic rings. The molecule has 0 aliphatic carbocycles. The van der Waals surface area contributed by atoms with Crippen LogP contribution in [0.25, 0.3) is 0 Å². The van der Waals surface area contributed by atoms with Gasteiger partial charge in [-0.3, -0.25) is 0 Å². The van der Waals surface area contributed by atoms with Crippen molar-refractivity contribution in [2.24, 2.45) is 0 Å². The molecule has 2 N–H and O–H groups in total. The molecule has 0 radical (unpaired) electrons. The van der Waals surface area contributed by atoms with Crippen molar-refractivity contribution in [3.05, 3.63) is 72.6 Å². The van der Waals surface area contributed by atoms with Crippen molar-refractivity contribution in [3.8, 4) is 0 Å². The van der Waals surface area contributed by atoms with Crippen LogP contribution in [0.15, 0.2) is 67.0 Å². The summed E-state index contributed by atoms with van der Waals surface area (Å²) in [5, 5.41) is 6.57. The van der Waals surface area contributed by atoms with Crippen LogP contribution in [-0.2, 0) is 0 Å². The minimum absolute atomic E-state index is 0.532. The minimum Gasteiger partial charge on any atom is -0.340 e. The maximum absolute atomic E-state index is 4.27. The van der Waals surface area contributed by atoms with Gasteiger partial charge in [0, 0.05) is 17.4 Å². The molecular weight excluding hydrogens is 284 g/mol. The summed E-state index contributed by atoms with van der Waals surface area (Å²) < 4.78 is 0. The number of aromatic nitrogens is 2. The van der Waals surface area contributed by atoms with Crippen molar-refractivity contribution in [2.45, 2.75) is 19.8 Å². The van der Waals surface area contributed by atoms with Gasteiger partial charge in [0.15, 0.2) is 0 Å². The van der Waals surface area contributed by atoms with Gasteiger partial charge in [0.1, 0.15) is 18.0 Å². The fourth-order valence-corrected chi connectivity index (χ4v) is 2.26. The fourth-order valence-electron chi connectivity index (χ4n) is 2.26. The van der Waals surface area contributed by atoms with Gasteiger partial charge in [0.05, 0.1) is 0 Å². The summed E-state index contributed by atoms with van der Waals surface area (Å²) in [5.41, 5.74) is 3.34. The van der Waals surface area contributed by atoms with Gasteiger partial charge in [-0.05, 0) is 35.7 Å². The Labute approximate surface area is 136 Å². The molecule has 116 valence electrons. The predicted octanol–water partition coefficient (Wildman–Crippen LogP) is 5.09. The van der Waals surface area contributed by atoms with E-state index in [9.17, 15) is 0 Å². The van der Waals surface area contributed by atoms with Crippen molar-refractivity contribution in [1.29, 1.82) is 0 Å². The molecule has 0 saturated heterocycles. The van der Waals surface area contributed by atoms with Gasteiger partial charge in [-0.2, -0.15) is 0 Å². The number of nitrogens with zero attached hydrogens (tertiary/aromatic N) is 2. The zero-order valence-electron chi connectivity index (χ0n) is 13.3. The topological polar surface area (TPSA) is 49.8 Å². The van der Waals surface area contributed by atoms with Crippen molar-refractivity contribution >= 4 is 23.0 Å². The normalized spacial score (nSPS) is 10.6. The van der Waals surface area contributed by atoms with Crippen molar-refractivity contribution in [1.82, 2.24) is 9.97 Å². The molecule has 1 aromatic heterocycles. The first-order valence-electron chi connectivity index (χ1n) is 7.72. The molecular formula is C19H20N4. The molecule has 0 saturated carbocycles.